The van der Waals surface area contributed by atoms with Crippen molar-refractivity contribution in [1.82, 2.24) is 9.97 Å². The molecule has 0 unspecified atom stereocenters. The van der Waals surface area contributed by atoms with Gasteiger partial charge in [-0.15, -0.1) is 0 Å². The first-order chi connectivity index (χ1) is 8.70. The van der Waals surface area contributed by atoms with Crippen molar-refractivity contribution in [3.05, 3.63) is 47.9 Å². The minimum atomic E-state index is -0.208. The standard InChI is InChI=1S/C13H14N4O/c1-9-3-6-16-12(7-9)17-13(18)10-4-5-15-8-11(10)14-2/h3-8,14H,1-2H3,(H,16,17,18). The first-order valence-electron chi connectivity index (χ1n) is 5.56. The van der Waals surface area contributed by atoms with Crippen LogP contribution in [0.15, 0.2) is 36.8 Å². The third-order valence-corrected chi connectivity index (χ3v) is 2.49. The molecule has 0 fully saturated rings. The monoisotopic (exact) mass is 242 g/mol. The molecule has 0 aliphatic heterocycles. The minimum absolute atomic E-state index is 0.208. The summed E-state index contributed by atoms with van der Waals surface area (Å²) in [4.78, 5) is 20.1. The van der Waals surface area contributed by atoms with Crippen LogP contribution in [0.5, 0.6) is 0 Å². The lowest BCUT2D eigenvalue weighted by Crippen LogP contribution is -2.15. The van der Waals surface area contributed by atoms with E-state index in [9.17, 15) is 4.79 Å². The zero-order valence-electron chi connectivity index (χ0n) is 10.3. The van der Waals surface area contributed by atoms with E-state index >= 15 is 0 Å². The van der Waals surface area contributed by atoms with Crippen molar-refractivity contribution in [2.45, 2.75) is 6.92 Å². The number of hydrogen-bond acceptors (Lipinski definition) is 4. The molecule has 2 aromatic rings. The second-order valence-corrected chi connectivity index (χ2v) is 3.84. The van der Waals surface area contributed by atoms with E-state index in [2.05, 4.69) is 20.6 Å². The number of hydrogen-bond donors (Lipinski definition) is 2. The van der Waals surface area contributed by atoms with Crippen molar-refractivity contribution in [3.63, 3.8) is 0 Å². The predicted molar refractivity (Wildman–Crippen MR) is 70.7 cm³/mol. The van der Waals surface area contributed by atoms with E-state index in [0.29, 0.717) is 17.1 Å². The Kier molecular flexibility index (Phi) is 3.52. The summed E-state index contributed by atoms with van der Waals surface area (Å²) in [5, 5.41) is 5.69. The Morgan fingerprint density at radius 2 is 2.11 bits per heavy atom. The molecule has 0 aromatic carbocycles. The summed E-state index contributed by atoms with van der Waals surface area (Å²) in [5.41, 5.74) is 2.27. The fraction of sp³-hybridized carbons (Fsp3) is 0.154. The molecule has 0 atom stereocenters. The van der Waals surface area contributed by atoms with Gasteiger partial charge >= 0.3 is 0 Å². The van der Waals surface area contributed by atoms with E-state index in [4.69, 9.17) is 0 Å². The number of nitrogens with one attached hydrogen (secondary N) is 2. The van der Waals surface area contributed by atoms with Crippen molar-refractivity contribution < 1.29 is 4.79 Å². The van der Waals surface area contributed by atoms with E-state index in [0.717, 1.165) is 5.56 Å². The zero-order valence-corrected chi connectivity index (χ0v) is 10.3. The molecular formula is C13H14N4O. The second-order valence-electron chi connectivity index (χ2n) is 3.84. The van der Waals surface area contributed by atoms with Gasteiger partial charge < -0.3 is 10.6 Å². The van der Waals surface area contributed by atoms with Crippen LogP contribution in [0.2, 0.25) is 0 Å². The van der Waals surface area contributed by atoms with Crippen molar-refractivity contribution in [3.8, 4) is 0 Å². The van der Waals surface area contributed by atoms with Crippen LogP contribution in [0.1, 0.15) is 15.9 Å². The highest BCUT2D eigenvalue weighted by atomic mass is 16.1. The Morgan fingerprint density at radius 1 is 1.28 bits per heavy atom. The Hall–Kier alpha value is -2.43. The molecule has 5 nitrogen and oxygen atoms in total. The van der Waals surface area contributed by atoms with Crippen LogP contribution >= 0.6 is 0 Å². The minimum Gasteiger partial charge on any atom is -0.386 e. The van der Waals surface area contributed by atoms with Crippen molar-refractivity contribution in [2.24, 2.45) is 0 Å². The van der Waals surface area contributed by atoms with Crippen LogP contribution in [0, 0.1) is 6.92 Å². The number of carbonyl (C=O) groups is 1. The second kappa shape index (κ2) is 5.27. The Labute approximate surface area is 105 Å². The summed E-state index contributed by atoms with van der Waals surface area (Å²) in [7, 11) is 1.75. The number of anilines is 2. The summed E-state index contributed by atoms with van der Waals surface area (Å²) >= 11 is 0. The molecule has 0 saturated heterocycles. The first kappa shape index (κ1) is 12.0. The lowest BCUT2D eigenvalue weighted by Gasteiger charge is -2.08. The van der Waals surface area contributed by atoms with E-state index in [1.807, 2.05) is 19.1 Å². The van der Waals surface area contributed by atoms with E-state index < -0.39 is 0 Å². The van der Waals surface area contributed by atoms with Crippen LogP contribution in [0.3, 0.4) is 0 Å². The zero-order chi connectivity index (χ0) is 13.0. The maximum Gasteiger partial charge on any atom is 0.259 e. The third kappa shape index (κ3) is 2.63. The molecule has 2 aromatic heterocycles. The lowest BCUT2D eigenvalue weighted by atomic mass is 10.2. The number of amides is 1. The van der Waals surface area contributed by atoms with E-state index in [-0.39, 0.29) is 5.91 Å². The molecule has 0 saturated carbocycles. The van der Waals surface area contributed by atoms with Gasteiger partial charge in [0.25, 0.3) is 5.91 Å². The summed E-state index contributed by atoms with van der Waals surface area (Å²) in [5.74, 6) is 0.332. The van der Waals surface area contributed by atoms with Crippen LogP contribution in [0.25, 0.3) is 0 Å². The topological polar surface area (TPSA) is 66.9 Å². The summed E-state index contributed by atoms with van der Waals surface area (Å²) in [6.07, 6.45) is 4.86. The Bertz CT molecular complexity index is 568. The van der Waals surface area contributed by atoms with Gasteiger partial charge in [-0.1, -0.05) is 0 Å². The van der Waals surface area contributed by atoms with Crippen molar-refractivity contribution in [2.75, 3.05) is 17.7 Å². The van der Waals surface area contributed by atoms with Crippen LogP contribution in [-0.4, -0.2) is 22.9 Å². The summed E-state index contributed by atoms with van der Waals surface area (Å²) < 4.78 is 0. The van der Waals surface area contributed by atoms with E-state index in [1.165, 1.54) is 0 Å². The number of nitrogens with zero attached hydrogens (tertiary/aromatic N) is 2. The highest BCUT2D eigenvalue weighted by Crippen LogP contribution is 2.14. The van der Waals surface area contributed by atoms with Gasteiger partial charge in [0.1, 0.15) is 5.82 Å². The lowest BCUT2D eigenvalue weighted by molar-refractivity contribution is 0.102. The number of rotatable bonds is 3. The molecule has 1 amide bonds. The largest absolute Gasteiger partial charge is 0.386 e. The molecule has 2 N–H and O–H groups in total. The summed E-state index contributed by atoms with van der Waals surface area (Å²) in [6.45, 7) is 1.95. The molecule has 2 heterocycles. The normalized spacial score (nSPS) is 9.89. The van der Waals surface area contributed by atoms with Gasteiger partial charge in [-0.05, 0) is 30.7 Å². The van der Waals surface area contributed by atoms with Gasteiger partial charge in [-0.25, -0.2) is 4.98 Å². The molecule has 92 valence electrons. The van der Waals surface area contributed by atoms with Crippen LogP contribution < -0.4 is 10.6 Å². The maximum absolute atomic E-state index is 12.1. The van der Waals surface area contributed by atoms with Gasteiger partial charge in [0.2, 0.25) is 0 Å². The molecule has 0 aliphatic rings. The molecular weight excluding hydrogens is 228 g/mol. The van der Waals surface area contributed by atoms with Crippen molar-refractivity contribution >= 4 is 17.4 Å². The molecule has 2 rings (SSSR count). The quantitative estimate of drug-likeness (QED) is 0.864. The Morgan fingerprint density at radius 3 is 2.83 bits per heavy atom. The van der Waals surface area contributed by atoms with Crippen molar-refractivity contribution in [1.29, 1.82) is 0 Å². The summed E-state index contributed by atoms with van der Waals surface area (Å²) in [6, 6.07) is 5.36. The number of pyridine rings is 2. The Balaban J connectivity index is 2.22. The highest BCUT2D eigenvalue weighted by molar-refractivity contribution is 6.07. The van der Waals surface area contributed by atoms with Gasteiger partial charge in [-0.2, -0.15) is 0 Å². The van der Waals surface area contributed by atoms with Gasteiger partial charge in [0, 0.05) is 19.4 Å². The predicted octanol–water partition coefficient (Wildman–Crippen LogP) is 2.08. The van der Waals surface area contributed by atoms with E-state index in [1.54, 1.807) is 31.7 Å². The molecule has 18 heavy (non-hydrogen) atoms. The molecule has 0 spiro atoms. The van der Waals surface area contributed by atoms with Crippen LogP contribution in [-0.2, 0) is 0 Å². The van der Waals surface area contributed by atoms with Crippen LogP contribution in [0.4, 0.5) is 11.5 Å². The average molecular weight is 242 g/mol. The first-order valence-corrected chi connectivity index (χ1v) is 5.56. The SMILES string of the molecule is CNc1cnccc1C(=O)Nc1cc(C)ccn1. The number of aryl methyl sites for hydroxylation is 1. The average Bonchev–Trinajstić information content (AvgIpc) is 2.38. The number of carbonyl (C=O) groups excluding carboxylic acids is 1. The highest BCUT2D eigenvalue weighted by Gasteiger charge is 2.11. The van der Waals surface area contributed by atoms with Gasteiger partial charge in [-0.3, -0.25) is 9.78 Å². The fourth-order valence-electron chi connectivity index (χ4n) is 1.58. The molecule has 0 bridgehead atoms. The smallest absolute Gasteiger partial charge is 0.259 e. The van der Waals surface area contributed by atoms with Gasteiger partial charge in [0.15, 0.2) is 0 Å². The maximum atomic E-state index is 12.1. The molecule has 5 heteroatoms. The molecule has 0 radical (unpaired) electrons. The fourth-order valence-corrected chi connectivity index (χ4v) is 1.58. The van der Waals surface area contributed by atoms with Gasteiger partial charge in [0.05, 0.1) is 17.4 Å². The molecule has 0 aliphatic carbocycles. The third-order valence-electron chi connectivity index (χ3n) is 2.49. The number of aromatic nitrogens is 2.